The lowest BCUT2D eigenvalue weighted by atomic mass is 10.2. The minimum atomic E-state index is -0.204. The smallest absolute Gasteiger partial charge is 0.307 e. The van der Waals surface area contributed by atoms with E-state index >= 15 is 0 Å². The molecule has 0 bridgehead atoms. The molecule has 0 saturated carbocycles. The van der Waals surface area contributed by atoms with Crippen LogP contribution >= 0.6 is 0 Å². The summed E-state index contributed by atoms with van der Waals surface area (Å²) in [5, 5.41) is 0. The third-order valence-corrected chi connectivity index (χ3v) is 1.10. The molecule has 4 nitrogen and oxygen atoms in total. The average molecular weight is 161 g/mol. The maximum Gasteiger partial charge on any atom is 0.307 e. The zero-order valence-corrected chi connectivity index (χ0v) is 7.22. The van der Waals surface area contributed by atoms with E-state index in [1.54, 1.807) is 6.92 Å². The molecule has 0 amide bonds. The van der Waals surface area contributed by atoms with E-state index in [0.29, 0.717) is 13.0 Å². The van der Waals surface area contributed by atoms with Gasteiger partial charge in [0.15, 0.2) is 0 Å². The highest BCUT2D eigenvalue weighted by Crippen LogP contribution is 1.92. The fraction of sp³-hybridized carbons (Fsp3) is 0.857. The summed E-state index contributed by atoms with van der Waals surface area (Å²) in [5.74, 6) is -0.204. The van der Waals surface area contributed by atoms with Gasteiger partial charge in [-0.25, -0.2) is 0 Å². The standard InChI is InChI=1S/C7H15NO3/c1-4-11-7(9)5-6(2)8-10-3/h6,8H,4-5H2,1-3H3. The Morgan fingerprint density at radius 3 is 2.73 bits per heavy atom. The number of hydrogen-bond donors (Lipinski definition) is 1. The van der Waals surface area contributed by atoms with Crippen molar-refractivity contribution >= 4 is 5.97 Å². The van der Waals surface area contributed by atoms with E-state index < -0.39 is 0 Å². The molecule has 0 rings (SSSR count). The number of hydrogen-bond acceptors (Lipinski definition) is 4. The van der Waals surface area contributed by atoms with Gasteiger partial charge in [-0.1, -0.05) is 0 Å². The first-order valence-corrected chi connectivity index (χ1v) is 3.64. The van der Waals surface area contributed by atoms with Gasteiger partial charge < -0.3 is 9.57 Å². The average Bonchev–Trinajstić information content (AvgIpc) is 1.87. The SMILES string of the molecule is CCOC(=O)CC(C)NOC. The van der Waals surface area contributed by atoms with Crippen molar-refractivity contribution in [2.24, 2.45) is 0 Å². The minimum Gasteiger partial charge on any atom is -0.466 e. The molecule has 0 fully saturated rings. The molecule has 0 aliphatic heterocycles. The summed E-state index contributed by atoms with van der Waals surface area (Å²) in [5.41, 5.74) is 2.63. The van der Waals surface area contributed by atoms with E-state index in [2.05, 4.69) is 10.3 Å². The molecule has 0 aromatic rings. The van der Waals surface area contributed by atoms with Crippen LogP contribution in [0.4, 0.5) is 0 Å². The number of esters is 1. The number of rotatable bonds is 5. The van der Waals surface area contributed by atoms with Crippen molar-refractivity contribution in [2.75, 3.05) is 13.7 Å². The number of ether oxygens (including phenoxy) is 1. The quantitative estimate of drug-likeness (QED) is 0.470. The Balaban J connectivity index is 3.40. The van der Waals surface area contributed by atoms with Crippen LogP contribution in [0, 0.1) is 0 Å². The zero-order chi connectivity index (χ0) is 8.69. The Kier molecular flexibility index (Phi) is 5.78. The molecule has 1 N–H and O–H groups in total. The largest absolute Gasteiger partial charge is 0.466 e. The number of carbonyl (C=O) groups is 1. The molecule has 11 heavy (non-hydrogen) atoms. The molecular weight excluding hydrogens is 146 g/mol. The van der Waals surface area contributed by atoms with Crippen LogP contribution in [0.5, 0.6) is 0 Å². The summed E-state index contributed by atoms with van der Waals surface area (Å²) in [7, 11) is 1.52. The third kappa shape index (κ3) is 5.82. The first kappa shape index (κ1) is 10.4. The lowest BCUT2D eigenvalue weighted by molar-refractivity contribution is -0.144. The van der Waals surface area contributed by atoms with E-state index in [-0.39, 0.29) is 12.0 Å². The van der Waals surface area contributed by atoms with Gasteiger partial charge in [-0.15, -0.1) is 0 Å². The fourth-order valence-electron chi connectivity index (χ4n) is 0.713. The molecule has 0 saturated heterocycles. The van der Waals surface area contributed by atoms with Gasteiger partial charge in [-0.2, -0.15) is 5.48 Å². The minimum absolute atomic E-state index is 0.000880. The Morgan fingerprint density at radius 1 is 1.64 bits per heavy atom. The van der Waals surface area contributed by atoms with Gasteiger partial charge in [-0.05, 0) is 13.8 Å². The Labute approximate surface area is 66.8 Å². The lowest BCUT2D eigenvalue weighted by Gasteiger charge is -2.09. The highest BCUT2D eigenvalue weighted by molar-refractivity contribution is 5.69. The number of carbonyl (C=O) groups excluding carboxylic acids is 1. The number of hydroxylamine groups is 1. The van der Waals surface area contributed by atoms with Gasteiger partial charge in [-0.3, -0.25) is 4.79 Å². The second kappa shape index (κ2) is 6.12. The number of nitrogens with one attached hydrogen (secondary N) is 1. The van der Waals surface area contributed by atoms with Crippen molar-refractivity contribution in [1.29, 1.82) is 0 Å². The molecule has 1 unspecified atom stereocenters. The summed E-state index contributed by atoms with van der Waals surface area (Å²) in [6, 6.07) is -0.000880. The van der Waals surface area contributed by atoms with Gasteiger partial charge in [0.1, 0.15) is 0 Å². The molecule has 0 aromatic heterocycles. The lowest BCUT2D eigenvalue weighted by Crippen LogP contribution is -2.28. The Bertz CT molecular complexity index is 116. The van der Waals surface area contributed by atoms with Crippen molar-refractivity contribution in [1.82, 2.24) is 5.48 Å². The summed E-state index contributed by atoms with van der Waals surface area (Å²) < 4.78 is 4.72. The van der Waals surface area contributed by atoms with E-state index in [0.717, 1.165) is 0 Å². The molecule has 0 aliphatic carbocycles. The first-order valence-electron chi connectivity index (χ1n) is 3.64. The molecule has 0 aliphatic rings. The van der Waals surface area contributed by atoms with Crippen LogP contribution in [0.2, 0.25) is 0 Å². The maximum absolute atomic E-state index is 10.8. The highest BCUT2D eigenvalue weighted by atomic mass is 16.6. The molecule has 0 spiro atoms. The second-order valence-electron chi connectivity index (χ2n) is 2.23. The van der Waals surface area contributed by atoms with Crippen LogP contribution in [0.1, 0.15) is 20.3 Å². The van der Waals surface area contributed by atoms with Gasteiger partial charge >= 0.3 is 5.97 Å². The summed E-state index contributed by atoms with van der Waals surface area (Å²) in [6.45, 7) is 4.06. The molecule has 0 radical (unpaired) electrons. The van der Waals surface area contributed by atoms with Crippen molar-refractivity contribution in [3.8, 4) is 0 Å². The van der Waals surface area contributed by atoms with E-state index in [1.165, 1.54) is 7.11 Å². The molecular formula is C7H15NO3. The normalized spacial score (nSPS) is 12.6. The fourth-order valence-corrected chi connectivity index (χ4v) is 0.713. The van der Waals surface area contributed by atoms with Crippen LogP contribution < -0.4 is 5.48 Å². The van der Waals surface area contributed by atoms with Gasteiger partial charge in [0, 0.05) is 6.04 Å². The monoisotopic (exact) mass is 161 g/mol. The molecule has 0 heterocycles. The van der Waals surface area contributed by atoms with E-state index in [4.69, 9.17) is 4.74 Å². The van der Waals surface area contributed by atoms with Crippen LogP contribution in [0.15, 0.2) is 0 Å². The Morgan fingerprint density at radius 2 is 2.27 bits per heavy atom. The maximum atomic E-state index is 10.8. The molecule has 4 heteroatoms. The van der Waals surface area contributed by atoms with Crippen LogP contribution in [0.3, 0.4) is 0 Å². The van der Waals surface area contributed by atoms with E-state index in [9.17, 15) is 4.79 Å². The van der Waals surface area contributed by atoms with Gasteiger partial charge in [0.05, 0.1) is 20.1 Å². The van der Waals surface area contributed by atoms with E-state index in [1.807, 2.05) is 6.92 Å². The first-order chi connectivity index (χ1) is 5.20. The molecule has 1 atom stereocenters. The van der Waals surface area contributed by atoms with Crippen molar-refractivity contribution in [3.05, 3.63) is 0 Å². The van der Waals surface area contributed by atoms with Crippen molar-refractivity contribution < 1.29 is 14.4 Å². The summed E-state index contributed by atoms with van der Waals surface area (Å²) in [4.78, 5) is 15.4. The van der Waals surface area contributed by atoms with Crippen molar-refractivity contribution in [2.45, 2.75) is 26.3 Å². The van der Waals surface area contributed by atoms with Gasteiger partial charge in [0.2, 0.25) is 0 Å². The van der Waals surface area contributed by atoms with Crippen molar-refractivity contribution in [3.63, 3.8) is 0 Å². The van der Waals surface area contributed by atoms with Crippen LogP contribution in [0.25, 0.3) is 0 Å². The molecule has 66 valence electrons. The predicted molar refractivity (Wildman–Crippen MR) is 40.9 cm³/mol. The third-order valence-electron chi connectivity index (χ3n) is 1.10. The summed E-state index contributed by atoms with van der Waals surface area (Å²) in [6.07, 6.45) is 0.335. The van der Waals surface area contributed by atoms with Crippen LogP contribution in [-0.4, -0.2) is 25.7 Å². The Hall–Kier alpha value is -0.610. The molecule has 0 aromatic carbocycles. The summed E-state index contributed by atoms with van der Waals surface area (Å²) >= 11 is 0. The van der Waals surface area contributed by atoms with Crippen LogP contribution in [-0.2, 0) is 14.4 Å². The topological polar surface area (TPSA) is 47.6 Å². The zero-order valence-electron chi connectivity index (χ0n) is 7.22. The predicted octanol–water partition coefficient (Wildman–Crippen LogP) is 0.479. The second-order valence-corrected chi connectivity index (χ2v) is 2.23. The highest BCUT2D eigenvalue weighted by Gasteiger charge is 2.07. The van der Waals surface area contributed by atoms with Gasteiger partial charge in [0.25, 0.3) is 0 Å².